The molecule has 0 bridgehead atoms. The van der Waals surface area contributed by atoms with Gasteiger partial charge in [0.2, 0.25) is 0 Å². The van der Waals surface area contributed by atoms with Crippen molar-refractivity contribution in [1.82, 2.24) is 0 Å². The Labute approximate surface area is 192 Å². The zero-order valence-electron chi connectivity index (χ0n) is 20.5. The second-order valence-corrected chi connectivity index (χ2v) is 18.1. The Hall–Kier alpha value is 1.16. The predicted octanol–water partition coefficient (Wildman–Crippen LogP) is 5.52. The van der Waals surface area contributed by atoms with Crippen LogP contribution >= 0.6 is 0 Å². The largest absolute Gasteiger partial charge is 0.432 e. The smallest absolute Gasteiger partial charge is 0.187 e. The van der Waals surface area contributed by atoms with Crippen molar-refractivity contribution in [2.75, 3.05) is 0 Å². The van der Waals surface area contributed by atoms with Crippen LogP contribution < -0.4 is 0 Å². The second kappa shape index (κ2) is 19.1. The van der Waals surface area contributed by atoms with Crippen molar-refractivity contribution in [2.45, 2.75) is 131 Å². The minimum atomic E-state index is -1.67. The van der Waals surface area contributed by atoms with Gasteiger partial charge in [0.25, 0.3) is 0 Å². The molecule has 0 heterocycles. The van der Waals surface area contributed by atoms with Crippen LogP contribution in [-0.4, -0.2) is 47.6 Å². The van der Waals surface area contributed by atoms with Gasteiger partial charge in [0.1, 0.15) is 0 Å². The normalized spacial score (nSPS) is 11.6. The van der Waals surface area contributed by atoms with E-state index in [0.29, 0.717) is 0 Å². The van der Waals surface area contributed by atoms with Crippen LogP contribution in [0.5, 0.6) is 0 Å². The molecule has 0 atom stereocenters. The number of hydrogen-bond donors (Lipinski definition) is 4. The van der Waals surface area contributed by atoms with E-state index < -0.39 is 27.8 Å². The van der Waals surface area contributed by atoms with Crippen molar-refractivity contribution < 1.29 is 46.0 Å². The minimum absolute atomic E-state index is 0. The monoisotopic (exact) mass is 502 g/mol. The molecule has 0 amide bonds. The van der Waals surface area contributed by atoms with Gasteiger partial charge in [-0.2, -0.15) is 0 Å². The van der Waals surface area contributed by atoms with Gasteiger partial charge in [-0.25, -0.2) is 0 Å². The van der Waals surface area contributed by atoms with E-state index >= 15 is 0 Å². The first-order valence-corrected chi connectivity index (χ1v) is 15.4. The Morgan fingerprint density at radius 3 is 0.556 bits per heavy atom. The summed E-state index contributed by atoms with van der Waals surface area (Å²) in [4.78, 5) is 19.2. The van der Waals surface area contributed by atoms with Crippen molar-refractivity contribution in [3.63, 3.8) is 0 Å². The standard InChI is InChI=1S/2C6H16OSi.2C4H10O.Zr/c2*1-4-8(7,5-2)6-3;2*1-4(2,3)5;/h2*7H,4-6H2,1-3H3;2*5H,1-3H3;. The first-order valence-electron chi connectivity index (χ1n) is 10.3. The maximum Gasteiger partial charge on any atom is 0.187 e. The fourth-order valence-electron chi connectivity index (χ4n) is 1.50. The summed E-state index contributed by atoms with van der Waals surface area (Å²) in [5.74, 6) is 0. The molecule has 0 rings (SSSR count). The van der Waals surface area contributed by atoms with Gasteiger partial charge in [-0.05, 0) is 77.8 Å². The zero-order valence-corrected chi connectivity index (χ0v) is 25.0. The molecule has 0 saturated heterocycles. The molecule has 0 aliphatic carbocycles. The molecule has 27 heavy (non-hydrogen) atoms. The molecule has 4 nitrogen and oxygen atoms in total. The molecular formula is C20H52O4Si2Zr. The molecule has 168 valence electrons. The van der Waals surface area contributed by atoms with Gasteiger partial charge in [-0.15, -0.1) is 0 Å². The molecule has 0 aliphatic rings. The van der Waals surface area contributed by atoms with Crippen LogP contribution in [0.25, 0.3) is 0 Å². The molecule has 0 fully saturated rings. The fraction of sp³-hybridized carbons (Fsp3) is 1.00. The first-order chi connectivity index (χ1) is 11.4. The summed E-state index contributed by atoms with van der Waals surface area (Å²) < 4.78 is 0. The molecule has 4 N–H and O–H groups in total. The third-order valence-corrected chi connectivity index (χ3v) is 11.8. The first kappa shape index (κ1) is 38.7. The molecular weight excluding hydrogens is 452 g/mol. The van der Waals surface area contributed by atoms with E-state index in [4.69, 9.17) is 10.2 Å². The minimum Gasteiger partial charge on any atom is -0.432 e. The van der Waals surface area contributed by atoms with Crippen LogP contribution in [-0.2, 0) is 26.2 Å². The Balaban J connectivity index is -0.0000000807. The van der Waals surface area contributed by atoms with Crippen LogP contribution in [0.1, 0.15) is 83.1 Å². The van der Waals surface area contributed by atoms with Gasteiger partial charge < -0.3 is 19.8 Å². The molecule has 0 spiro atoms. The maximum absolute atomic E-state index is 9.58. The van der Waals surface area contributed by atoms with Crippen molar-refractivity contribution >= 4 is 16.6 Å². The van der Waals surface area contributed by atoms with Gasteiger partial charge in [0.15, 0.2) is 16.6 Å². The zero-order chi connectivity index (χ0) is 22.2. The molecule has 0 aromatic carbocycles. The van der Waals surface area contributed by atoms with Gasteiger partial charge in [-0.1, -0.05) is 41.5 Å². The van der Waals surface area contributed by atoms with Crippen LogP contribution in [0.2, 0.25) is 36.3 Å². The third kappa shape index (κ3) is 46.8. The molecule has 0 aromatic rings. The summed E-state index contributed by atoms with van der Waals surface area (Å²) in [5, 5.41) is 17.0. The molecule has 0 aromatic heterocycles. The molecule has 0 aliphatic heterocycles. The van der Waals surface area contributed by atoms with Crippen molar-refractivity contribution in [1.29, 1.82) is 0 Å². The second-order valence-electron chi connectivity index (χ2n) is 8.91. The topological polar surface area (TPSA) is 80.9 Å². The van der Waals surface area contributed by atoms with Gasteiger partial charge in [0, 0.05) is 26.2 Å². The summed E-state index contributed by atoms with van der Waals surface area (Å²) in [6, 6.07) is 6.08. The van der Waals surface area contributed by atoms with E-state index in [1.807, 2.05) is 0 Å². The predicted molar refractivity (Wildman–Crippen MR) is 123 cm³/mol. The number of hydrogen-bond acceptors (Lipinski definition) is 4. The van der Waals surface area contributed by atoms with Crippen molar-refractivity contribution in [3.8, 4) is 0 Å². The molecule has 0 radical (unpaired) electrons. The number of aliphatic hydroxyl groups is 2. The van der Waals surface area contributed by atoms with E-state index in [-0.39, 0.29) is 26.2 Å². The summed E-state index contributed by atoms with van der Waals surface area (Å²) in [7, 11) is -3.34. The van der Waals surface area contributed by atoms with Crippen LogP contribution in [0.4, 0.5) is 0 Å². The van der Waals surface area contributed by atoms with E-state index in [1.165, 1.54) is 0 Å². The van der Waals surface area contributed by atoms with Gasteiger partial charge in [0.05, 0.1) is 11.2 Å². The van der Waals surface area contributed by atoms with E-state index in [1.54, 1.807) is 41.5 Å². The Morgan fingerprint density at radius 2 is 0.556 bits per heavy atom. The molecule has 0 unspecified atom stereocenters. The summed E-state index contributed by atoms with van der Waals surface area (Å²) in [6.07, 6.45) is 0. The Kier molecular flexibility index (Phi) is 27.5. The average Bonchev–Trinajstić information content (AvgIpc) is 2.51. The average molecular weight is 504 g/mol. The maximum atomic E-state index is 9.58. The quantitative estimate of drug-likeness (QED) is 0.360. The van der Waals surface area contributed by atoms with E-state index in [2.05, 4.69) is 41.5 Å². The summed E-state index contributed by atoms with van der Waals surface area (Å²) >= 11 is 0. The van der Waals surface area contributed by atoms with Crippen molar-refractivity contribution in [3.05, 3.63) is 0 Å². The van der Waals surface area contributed by atoms with Gasteiger partial charge >= 0.3 is 0 Å². The Bertz CT molecular complexity index is 237. The summed E-state index contributed by atoms with van der Waals surface area (Å²) in [6.45, 7) is 23.0. The molecule has 0 saturated carbocycles. The van der Waals surface area contributed by atoms with E-state index in [0.717, 1.165) is 36.3 Å². The van der Waals surface area contributed by atoms with Crippen LogP contribution in [0.3, 0.4) is 0 Å². The molecule has 7 heteroatoms. The summed E-state index contributed by atoms with van der Waals surface area (Å²) in [5.41, 5.74) is -1.00. The fourth-order valence-corrected chi connectivity index (χ4v) is 4.50. The van der Waals surface area contributed by atoms with Gasteiger partial charge in [-0.3, -0.25) is 0 Å². The third-order valence-electron chi connectivity index (χ3n) is 3.95. The Morgan fingerprint density at radius 1 is 0.481 bits per heavy atom. The van der Waals surface area contributed by atoms with Crippen LogP contribution in [0, 0.1) is 0 Å². The van der Waals surface area contributed by atoms with Crippen LogP contribution in [0.15, 0.2) is 0 Å². The van der Waals surface area contributed by atoms with Crippen molar-refractivity contribution in [2.24, 2.45) is 0 Å². The SMILES string of the molecule is CC(C)(C)O.CC(C)(C)O.CC[Si](O)(CC)CC.CC[Si](O)(CC)CC.[Zr]. The van der Waals surface area contributed by atoms with E-state index in [9.17, 15) is 9.59 Å². The number of rotatable bonds is 6.